The molecular weight excluding hydrogens is 517 g/mol. The van der Waals surface area contributed by atoms with E-state index < -0.39 is 11.9 Å². The van der Waals surface area contributed by atoms with Crippen molar-refractivity contribution in [3.05, 3.63) is 64.3 Å². The maximum absolute atomic E-state index is 13.1. The molecule has 0 spiro atoms. The first-order chi connectivity index (χ1) is 17.5. The first-order valence-electron chi connectivity index (χ1n) is 11.6. The second-order valence-electron chi connectivity index (χ2n) is 9.27. The number of ether oxygens (including phenoxy) is 2. The minimum atomic E-state index is -0.468. The summed E-state index contributed by atoms with van der Waals surface area (Å²) in [5.74, 6) is 0.533. The van der Waals surface area contributed by atoms with E-state index in [2.05, 4.69) is 15.7 Å². The monoisotopic (exact) mass is 547 g/mol. The quantitative estimate of drug-likeness (QED) is 0.363. The molecule has 3 aromatic rings. The number of carbonyl (C=O) groups excluding carboxylic acids is 2. The van der Waals surface area contributed by atoms with Crippen molar-refractivity contribution in [1.29, 1.82) is 0 Å². The topological polar surface area (TPSA) is 97.7 Å². The molecule has 0 saturated carbocycles. The molecule has 1 heterocycles. The van der Waals surface area contributed by atoms with Crippen molar-refractivity contribution in [2.45, 2.75) is 26.2 Å². The molecule has 1 aromatic heterocycles. The van der Waals surface area contributed by atoms with Crippen LogP contribution in [-0.2, 0) is 14.9 Å². The molecule has 9 nitrogen and oxygen atoms in total. The molecule has 0 aliphatic carbocycles. The molecule has 198 valence electrons. The summed E-state index contributed by atoms with van der Waals surface area (Å²) in [7, 11) is 3.05. The van der Waals surface area contributed by atoms with E-state index in [0.29, 0.717) is 33.0 Å². The van der Waals surface area contributed by atoms with E-state index in [4.69, 9.17) is 32.7 Å². The molecule has 0 atom stereocenters. The number of para-hydroxylation sites is 2. The summed E-state index contributed by atoms with van der Waals surface area (Å²) in [4.78, 5) is 27.5. The Balaban J connectivity index is 1.84. The molecule has 11 heteroatoms. The predicted molar refractivity (Wildman–Crippen MR) is 146 cm³/mol. The molecule has 2 aromatic carbocycles. The molecule has 3 amide bonds. The van der Waals surface area contributed by atoms with Gasteiger partial charge < -0.3 is 25.0 Å². The van der Waals surface area contributed by atoms with Gasteiger partial charge >= 0.3 is 6.03 Å². The number of urea groups is 1. The van der Waals surface area contributed by atoms with Crippen LogP contribution in [0.4, 0.5) is 16.3 Å². The Kier molecular flexibility index (Phi) is 9.42. The van der Waals surface area contributed by atoms with Crippen LogP contribution in [0.3, 0.4) is 0 Å². The second-order valence-corrected chi connectivity index (χ2v) is 10.1. The molecule has 0 unspecified atom stereocenters. The first kappa shape index (κ1) is 28.3. The van der Waals surface area contributed by atoms with Gasteiger partial charge in [-0.25, -0.2) is 9.48 Å². The Labute approximate surface area is 226 Å². The lowest BCUT2D eigenvalue weighted by molar-refractivity contribution is -0.116. The SMILES string of the molecule is COCCN(CC(=O)Nc1cc(C(C)(C)C)nn1-c1ccc(Cl)c(Cl)c1)C(=O)Nc1ccccc1OC. The summed E-state index contributed by atoms with van der Waals surface area (Å²) in [6, 6.07) is 13.5. The summed E-state index contributed by atoms with van der Waals surface area (Å²) in [5.41, 5.74) is 1.61. The summed E-state index contributed by atoms with van der Waals surface area (Å²) in [6.45, 7) is 6.30. The highest BCUT2D eigenvalue weighted by Crippen LogP contribution is 2.29. The van der Waals surface area contributed by atoms with Crippen molar-refractivity contribution in [2.75, 3.05) is 44.5 Å². The number of aromatic nitrogens is 2. The van der Waals surface area contributed by atoms with Gasteiger partial charge in [-0.3, -0.25) is 4.79 Å². The molecule has 2 N–H and O–H groups in total. The van der Waals surface area contributed by atoms with Gasteiger partial charge in [-0.2, -0.15) is 5.10 Å². The zero-order valence-electron chi connectivity index (χ0n) is 21.5. The largest absolute Gasteiger partial charge is 0.495 e. The highest BCUT2D eigenvalue weighted by atomic mass is 35.5. The van der Waals surface area contributed by atoms with E-state index in [1.807, 2.05) is 20.8 Å². The van der Waals surface area contributed by atoms with Crippen molar-refractivity contribution in [3.63, 3.8) is 0 Å². The minimum absolute atomic E-state index is 0.199. The van der Waals surface area contributed by atoms with Crippen molar-refractivity contribution >= 4 is 46.6 Å². The van der Waals surface area contributed by atoms with E-state index in [-0.39, 0.29) is 25.1 Å². The van der Waals surface area contributed by atoms with Gasteiger partial charge in [-0.15, -0.1) is 0 Å². The average Bonchev–Trinajstić information content (AvgIpc) is 3.28. The van der Waals surface area contributed by atoms with Crippen LogP contribution in [0.25, 0.3) is 5.69 Å². The zero-order chi connectivity index (χ0) is 27.2. The van der Waals surface area contributed by atoms with Crippen LogP contribution in [0.2, 0.25) is 10.0 Å². The van der Waals surface area contributed by atoms with Crippen LogP contribution >= 0.6 is 23.2 Å². The van der Waals surface area contributed by atoms with Crippen LogP contribution in [0, 0.1) is 0 Å². The van der Waals surface area contributed by atoms with Gasteiger partial charge in [0.05, 0.1) is 40.8 Å². The van der Waals surface area contributed by atoms with Crippen LogP contribution in [0.15, 0.2) is 48.5 Å². The fourth-order valence-corrected chi connectivity index (χ4v) is 3.69. The lowest BCUT2D eigenvalue weighted by Gasteiger charge is -2.23. The number of halogens is 2. The van der Waals surface area contributed by atoms with Crippen LogP contribution in [-0.4, -0.2) is 60.5 Å². The molecule has 0 aliphatic heterocycles. The molecule has 0 saturated heterocycles. The van der Waals surface area contributed by atoms with Gasteiger partial charge in [0.2, 0.25) is 5.91 Å². The maximum Gasteiger partial charge on any atom is 0.322 e. The number of methoxy groups -OCH3 is 2. The van der Waals surface area contributed by atoms with Crippen LogP contribution in [0.1, 0.15) is 26.5 Å². The summed E-state index contributed by atoms with van der Waals surface area (Å²) in [6.07, 6.45) is 0. The van der Waals surface area contributed by atoms with E-state index >= 15 is 0 Å². The Morgan fingerprint density at radius 1 is 1.03 bits per heavy atom. The smallest absolute Gasteiger partial charge is 0.322 e. The first-order valence-corrected chi connectivity index (χ1v) is 12.3. The number of amides is 3. The predicted octanol–water partition coefficient (Wildman–Crippen LogP) is 5.60. The van der Waals surface area contributed by atoms with E-state index in [1.54, 1.807) is 53.2 Å². The molecule has 37 heavy (non-hydrogen) atoms. The van der Waals surface area contributed by atoms with Gasteiger partial charge in [0.1, 0.15) is 18.1 Å². The van der Waals surface area contributed by atoms with Crippen molar-refractivity contribution in [1.82, 2.24) is 14.7 Å². The van der Waals surface area contributed by atoms with E-state index in [1.165, 1.54) is 19.1 Å². The Bertz CT molecular complexity index is 1260. The summed E-state index contributed by atoms with van der Waals surface area (Å²) in [5, 5.41) is 11.1. The Morgan fingerprint density at radius 3 is 2.41 bits per heavy atom. The third kappa shape index (κ3) is 7.38. The van der Waals surface area contributed by atoms with Crippen molar-refractivity contribution < 1.29 is 19.1 Å². The minimum Gasteiger partial charge on any atom is -0.495 e. The zero-order valence-corrected chi connectivity index (χ0v) is 23.0. The lowest BCUT2D eigenvalue weighted by Crippen LogP contribution is -2.42. The molecule has 0 radical (unpaired) electrons. The van der Waals surface area contributed by atoms with Gasteiger partial charge in [0.15, 0.2) is 0 Å². The third-order valence-electron chi connectivity index (χ3n) is 5.43. The van der Waals surface area contributed by atoms with Gasteiger partial charge in [0, 0.05) is 25.1 Å². The number of nitrogens with one attached hydrogen (secondary N) is 2. The summed E-state index contributed by atoms with van der Waals surface area (Å²) >= 11 is 12.3. The fourth-order valence-electron chi connectivity index (χ4n) is 3.40. The highest BCUT2D eigenvalue weighted by Gasteiger charge is 2.24. The van der Waals surface area contributed by atoms with Crippen LogP contribution in [0.5, 0.6) is 5.75 Å². The Morgan fingerprint density at radius 2 is 1.76 bits per heavy atom. The normalized spacial score (nSPS) is 11.2. The lowest BCUT2D eigenvalue weighted by atomic mass is 9.92. The number of benzene rings is 2. The third-order valence-corrected chi connectivity index (χ3v) is 6.17. The fraction of sp³-hybridized carbons (Fsp3) is 0.346. The summed E-state index contributed by atoms with van der Waals surface area (Å²) < 4.78 is 12.0. The number of rotatable bonds is 9. The number of anilines is 2. The molecule has 0 bridgehead atoms. The Hall–Kier alpha value is -3.27. The molecule has 0 fully saturated rings. The van der Waals surface area contributed by atoms with Gasteiger partial charge in [0.25, 0.3) is 0 Å². The van der Waals surface area contributed by atoms with Crippen molar-refractivity contribution in [3.8, 4) is 11.4 Å². The number of hydrogen-bond donors (Lipinski definition) is 2. The van der Waals surface area contributed by atoms with Gasteiger partial charge in [-0.05, 0) is 30.3 Å². The molecular formula is C26H31Cl2N5O4. The highest BCUT2D eigenvalue weighted by molar-refractivity contribution is 6.42. The standard InChI is InChI=1S/C26H31Cl2N5O4/c1-26(2,3)22-15-23(33(31-22)17-10-11-18(27)19(28)14-17)30-24(34)16-32(12-13-36-4)25(35)29-20-8-6-7-9-21(20)37-5/h6-11,14-15H,12-13,16H2,1-5H3,(H,29,35)(H,30,34). The van der Waals surface area contributed by atoms with E-state index in [9.17, 15) is 9.59 Å². The van der Waals surface area contributed by atoms with Crippen LogP contribution < -0.4 is 15.4 Å². The molecule has 3 rings (SSSR count). The average molecular weight is 548 g/mol. The van der Waals surface area contributed by atoms with Gasteiger partial charge in [-0.1, -0.05) is 56.1 Å². The number of carbonyl (C=O) groups is 2. The van der Waals surface area contributed by atoms with E-state index in [0.717, 1.165) is 5.69 Å². The maximum atomic E-state index is 13.1. The molecule has 0 aliphatic rings. The number of nitrogens with zero attached hydrogens (tertiary/aromatic N) is 3. The second kappa shape index (κ2) is 12.3. The van der Waals surface area contributed by atoms with Crippen molar-refractivity contribution in [2.24, 2.45) is 0 Å². The number of hydrogen-bond acceptors (Lipinski definition) is 5.